The third-order valence-corrected chi connectivity index (χ3v) is 4.79. The van der Waals surface area contributed by atoms with Crippen molar-refractivity contribution in [3.8, 4) is 0 Å². The molecular weight excluding hydrogens is 335 g/mol. The molecule has 0 saturated carbocycles. The molecule has 3 aromatic rings. The highest BCUT2D eigenvalue weighted by molar-refractivity contribution is 6.31. The molecule has 2 aromatic carbocycles. The number of hydrogen-bond acceptors (Lipinski definition) is 1. The lowest BCUT2D eigenvalue weighted by Crippen LogP contribution is -2.16. The van der Waals surface area contributed by atoms with Gasteiger partial charge in [-0.25, -0.2) is 4.39 Å². The van der Waals surface area contributed by atoms with E-state index in [1.54, 1.807) is 6.07 Å². The van der Waals surface area contributed by atoms with Crippen molar-refractivity contribution in [2.75, 3.05) is 6.54 Å². The summed E-state index contributed by atoms with van der Waals surface area (Å²) in [4.78, 5) is 0. The van der Waals surface area contributed by atoms with Gasteiger partial charge < -0.3 is 9.88 Å². The Bertz CT molecular complexity index is 854. The number of nitrogens with one attached hydrogen (secondary N) is 1. The molecule has 1 N–H and O–H groups in total. The second kappa shape index (κ2) is 8.03. The van der Waals surface area contributed by atoms with Gasteiger partial charge >= 0.3 is 0 Å². The Morgan fingerprint density at radius 2 is 1.92 bits per heavy atom. The van der Waals surface area contributed by atoms with E-state index in [1.807, 2.05) is 6.07 Å². The molecule has 0 aliphatic carbocycles. The number of nitrogens with zero attached hydrogens (tertiary/aromatic N) is 1. The molecule has 0 saturated heterocycles. The van der Waals surface area contributed by atoms with Crippen LogP contribution in [-0.2, 0) is 13.1 Å². The van der Waals surface area contributed by atoms with Crippen molar-refractivity contribution in [1.29, 1.82) is 0 Å². The summed E-state index contributed by atoms with van der Waals surface area (Å²) in [5.74, 6) is 0.399. The molecule has 1 heterocycles. The molecule has 2 nitrogen and oxygen atoms in total. The van der Waals surface area contributed by atoms with Crippen LogP contribution < -0.4 is 5.32 Å². The highest BCUT2D eigenvalue weighted by Gasteiger charge is 2.10. The van der Waals surface area contributed by atoms with E-state index in [1.165, 1.54) is 35.0 Å². The highest BCUT2D eigenvalue weighted by Crippen LogP contribution is 2.25. The van der Waals surface area contributed by atoms with Crippen LogP contribution in [0.2, 0.25) is 5.02 Å². The van der Waals surface area contributed by atoms with E-state index in [9.17, 15) is 4.39 Å². The molecule has 132 valence electrons. The maximum absolute atomic E-state index is 13.3. The van der Waals surface area contributed by atoms with Gasteiger partial charge in [-0.15, -0.1) is 0 Å². The van der Waals surface area contributed by atoms with Crippen LogP contribution in [0.3, 0.4) is 0 Å². The van der Waals surface area contributed by atoms with E-state index < -0.39 is 0 Å². The van der Waals surface area contributed by atoms with E-state index in [-0.39, 0.29) is 5.82 Å². The van der Waals surface area contributed by atoms with Crippen LogP contribution >= 0.6 is 11.6 Å². The number of aromatic nitrogens is 1. The van der Waals surface area contributed by atoms with Crippen molar-refractivity contribution in [3.63, 3.8) is 0 Å². The first-order valence-electron chi connectivity index (χ1n) is 8.76. The maximum atomic E-state index is 13.3. The minimum atomic E-state index is -0.304. The zero-order chi connectivity index (χ0) is 17.8. The predicted molar refractivity (Wildman–Crippen MR) is 104 cm³/mol. The number of fused-ring (bicyclic) bond motifs is 1. The van der Waals surface area contributed by atoms with Gasteiger partial charge in [-0.05, 0) is 48.2 Å². The summed E-state index contributed by atoms with van der Waals surface area (Å²) in [5, 5.41) is 5.25. The molecule has 0 amide bonds. The SMILES string of the molecule is CC(C)CCNCc1cn(Cc2ccc(F)cc2Cl)c2ccccc12. The molecule has 0 radical (unpaired) electrons. The van der Waals surface area contributed by atoms with Crippen LogP contribution in [0.25, 0.3) is 10.9 Å². The average molecular weight is 359 g/mol. The predicted octanol–water partition coefficient (Wildman–Crippen LogP) is 5.62. The van der Waals surface area contributed by atoms with Gasteiger partial charge in [0.2, 0.25) is 0 Å². The number of rotatable bonds is 7. The number of halogens is 2. The van der Waals surface area contributed by atoms with Crippen molar-refractivity contribution in [2.24, 2.45) is 5.92 Å². The Morgan fingerprint density at radius 3 is 2.68 bits per heavy atom. The monoisotopic (exact) mass is 358 g/mol. The summed E-state index contributed by atoms with van der Waals surface area (Å²) in [6.45, 7) is 6.96. The van der Waals surface area contributed by atoms with Crippen molar-refractivity contribution < 1.29 is 4.39 Å². The van der Waals surface area contributed by atoms with Crippen LogP contribution in [0.15, 0.2) is 48.7 Å². The minimum Gasteiger partial charge on any atom is -0.343 e. The van der Waals surface area contributed by atoms with Crippen molar-refractivity contribution in [3.05, 3.63) is 70.6 Å². The number of para-hydroxylation sites is 1. The summed E-state index contributed by atoms with van der Waals surface area (Å²) in [5.41, 5.74) is 3.37. The molecule has 0 fully saturated rings. The van der Waals surface area contributed by atoms with E-state index in [0.29, 0.717) is 17.5 Å². The van der Waals surface area contributed by atoms with Gasteiger partial charge in [-0.2, -0.15) is 0 Å². The van der Waals surface area contributed by atoms with E-state index >= 15 is 0 Å². The van der Waals surface area contributed by atoms with Crippen molar-refractivity contribution in [1.82, 2.24) is 9.88 Å². The normalized spacial score (nSPS) is 11.6. The smallest absolute Gasteiger partial charge is 0.124 e. The lowest BCUT2D eigenvalue weighted by Gasteiger charge is -2.08. The van der Waals surface area contributed by atoms with Gasteiger partial charge in [0.25, 0.3) is 0 Å². The first-order valence-corrected chi connectivity index (χ1v) is 9.14. The minimum absolute atomic E-state index is 0.304. The Morgan fingerprint density at radius 1 is 1.12 bits per heavy atom. The largest absolute Gasteiger partial charge is 0.343 e. The molecule has 1 aromatic heterocycles. The first-order chi connectivity index (χ1) is 12.0. The molecule has 0 aliphatic rings. The second-order valence-electron chi connectivity index (χ2n) is 6.89. The van der Waals surface area contributed by atoms with E-state index in [2.05, 4.69) is 48.1 Å². The van der Waals surface area contributed by atoms with Crippen LogP contribution in [-0.4, -0.2) is 11.1 Å². The molecular formula is C21H24ClFN2. The Hall–Kier alpha value is -1.84. The van der Waals surface area contributed by atoms with Gasteiger partial charge in [0.1, 0.15) is 5.82 Å². The second-order valence-corrected chi connectivity index (χ2v) is 7.30. The molecule has 0 spiro atoms. The van der Waals surface area contributed by atoms with Crippen LogP contribution in [0.5, 0.6) is 0 Å². The Kier molecular flexibility index (Phi) is 5.77. The number of hydrogen-bond donors (Lipinski definition) is 1. The Labute approximate surface area is 153 Å². The fourth-order valence-corrected chi connectivity index (χ4v) is 3.27. The van der Waals surface area contributed by atoms with Gasteiger partial charge in [-0.3, -0.25) is 0 Å². The summed E-state index contributed by atoms with van der Waals surface area (Å²) < 4.78 is 15.5. The average Bonchev–Trinajstić information content (AvgIpc) is 2.92. The van der Waals surface area contributed by atoms with Gasteiger partial charge in [-0.1, -0.05) is 49.7 Å². The van der Waals surface area contributed by atoms with Gasteiger partial charge in [0.15, 0.2) is 0 Å². The molecule has 0 aliphatic heterocycles. The van der Waals surface area contributed by atoms with Crippen LogP contribution in [0.1, 0.15) is 31.4 Å². The summed E-state index contributed by atoms with van der Waals surface area (Å²) >= 11 is 6.20. The maximum Gasteiger partial charge on any atom is 0.124 e. The zero-order valence-corrected chi connectivity index (χ0v) is 15.5. The number of benzene rings is 2. The lowest BCUT2D eigenvalue weighted by molar-refractivity contribution is 0.538. The molecule has 4 heteroatoms. The zero-order valence-electron chi connectivity index (χ0n) is 14.7. The van der Waals surface area contributed by atoms with E-state index in [0.717, 1.165) is 18.7 Å². The van der Waals surface area contributed by atoms with Gasteiger partial charge in [0, 0.05) is 35.2 Å². The third kappa shape index (κ3) is 4.42. The standard InChI is InChI=1S/C21H24ClFN2/c1-15(2)9-10-24-12-17-14-25(21-6-4-3-5-19(17)21)13-16-7-8-18(23)11-20(16)22/h3-8,11,14-15,24H,9-10,12-13H2,1-2H3. The molecule has 0 atom stereocenters. The fourth-order valence-electron chi connectivity index (χ4n) is 3.04. The molecule has 0 unspecified atom stereocenters. The molecule has 25 heavy (non-hydrogen) atoms. The molecule has 0 bridgehead atoms. The van der Waals surface area contributed by atoms with Crippen LogP contribution in [0.4, 0.5) is 4.39 Å². The fraction of sp³-hybridized carbons (Fsp3) is 0.333. The topological polar surface area (TPSA) is 17.0 Å². The van der Waals surface area contributed by atoms with Crippen molar-refractivity contribution in [2.45, 2.75) is 33.4 Å². The summed E-state index contributed by atoms with van der Waals surface area (Å²) in [6, 6.07) is 13.0. The quantitative estimate of drug-likeness (QED) is 0.542. The Balaban J connectivity index is 1.83. The summed E-state index contributed by atoms with van der Waals surface area (Å²) in [6.07, 6.45) is 3.34. The van der Waals surface area contributed by atoms with E-state index in [4.69, 9.17) is 11.6 Å². The summed E-state index contributed by atoms with van der Waals surface area (Å²) in [7, 11) is 0. The van der Waals surface area contributed by atoms with Gasteiger partial charge in [0.05, 0.1) is 0 Å². The van der Waals surface area contributed by atoms with Crippen LogP contribution in [0, 0.1) is 11.7 Å². The third-order valence-electron chi connectivity index (χ3n) is 4.44. The highest BCUT2D eigenvalue weighted by atomic mass is 35.5. The lowest BCUT2D eigenvalue weighted by atomic mass is 10.1. The van der Waals surface area contributed by atoms with Crippen molar-refractivity contribution >= 4 is 22.5 Å². The first kappa shape index (κ1) is 18.0. The molecule has 3 rings (SSSR count).